The lowest BCUT2D eigenvalue weighted by Crippen LogP contribution is -2.45. The van der Waals surface area contributed by atoms with E-state index >= 15 is 0 Å². The van der Waals surface area contributed by atoms with Gasteiger partial charge in [-0.25, -0.2) is 0 Å². The second kappa shape index (κ2) is 11.6. The molecule has 0 saturated carbocycles. The molecule has 1 saturated heterocycles. The number of aromatic nitrogens is 2. The van der Waals surface area contributed by atoms with E-state index in [9.17, 15) is 19.7 Å². The normalized spacial score (nSPS) is 16.0. The molecular formula is C30H27ClN4O4. The number of pyridine rings is 2. The quantitative estimate of drug-likeness (QED) is 0.210. The number of carbonyl (C=O) groups is 1. The number of amides is 1. The van der Waals surface area contributed by atoms with E-state index in [2.05, 4.69) is 4.98 Å². The lowest BCUT2D eigenvalue weighted by Gasteiger charge is -2.38. The Morgan fingerprint density at radius 3 is 2.62 bits per heavy atom. The molecule has 0 N–H and O–H groups in total. The highest BCUT2D eigenvalue weighted by Gasteiger charge is 2.34. The van der Waals surface area contributed by atoms with Crippen LogP contribution in [0.2, 0.25) is 5.02 Å². The van der Waals surface area contributed by atoms with Gasteiger partial charge in [-0.2, -0.15) is 0 Å². The van der Waals surface area contributed by atoms with Crippen LogP contribution in [0, 0.1) is 10.1 Å². The van der Waals surface area contributed by atoms with Crippen LogP contribution in [-0.4, -0.2) is 31.8 Å². The Hall–Kier alpha value is -4.30. The van der Waals surface area contributed by atoms with Gasteiger partial charge in [-0.05, 0) is 60.2 Å². The van der Waals surface area contributed by atoms with Crippen molar-refractivity contribution < 1.29 is 9.72 Å². The van der Waals surface area contributed by atoms with Crippen molar-refractivity contribution in [3.8, 4) is 11.1 Å². The first-order chi connectivity index (χ1) is 18.9. The van der Waals surface area contributed by atoms with E-state index in [-0.39, 0.29) is 23.2 Å². The Morgan fingerprint density at radius 2 is 1.90 bits per heavy atom. The van der Waals surface area contributed by atoms with Gasteiger partial charge in [-0.3, -0.25) is 24.7 Å². The van der Waals surface area contributed by atoms with Gasteiger partial charge in [0.15, 0.2) is 0 Å². The van der Waals surface area contributed by atoms with E-state index in [0.29, 0.717) is 23.6 Å². The molecule has 1 aliphatic rings. The summed E-state index contributed by atoms with van der Waals surface area (Å²) in [6.07, 6.45) is 8.08. The second-order valence-electron chi connectivity index (χ2n) is 9.61. The summed E-state index contributed by atoms with van der Waals surface area (Å²) in [6, 6.07) is 19.7. The molecule has 1 amide bonds. The van der Waals surface area contributed by atoms with Gasteiger partial charge in [0.2, 0.25) is 5.91 Å². The minimum absolute atomic E-state index is 0.123. The number of hydrogen-bond donors (Lipinski definition) is 0. The van der Waals surface area contributed by atoms with E-state index in [1.165, 1.54) is 28.8 Å². The molecule has 2 unspecified atom stereocenters. The van der Waals surface area contributed by atoms with E-state index in [1.807, 2.05) is 47.4 Å². The largest absolute Gasteiger partial charge is 0.334 e. The zero-order chi connectivity index (χ0) is 27.4. The zero-order valence-electron chi connectivity index (χ0n) is 21.2. The number of nitro benzene ring substituents is 1. The molecule has 0 aliphatic carbocycles. The molecule has 39 heavy (non-hydrogen) atoms. The molecule has 4 aromatic rings. The molecule has 2 atom stereocenters. The van der Waals surface area contributed by atoms with Crippen LogP contribution in [0.15, 0.2) is 96.2 Å². The van der Waals surface area contributed by atoms with E-state index < -0.39 is 16.5 Å². The number of rotatable bonds is 7. The van der Waals surface area contributed by atoms with Gasteiger partial charge in [-0.1, -0.05) is 48.0 Å². The van der Waals surface area contributed by atoms with Crippen molar-refractivity contribution in [1.82, 2.24) is 14.5 Å². The van der Waals surface area contributed by atoms with Crippen molar-refractivity contribution in [2.75, 3.05) is 6.54 Å². The minimum atomic E-state index is -0.791. The molecule has 1 aliphatic heterocycles. The number of carbonyl (C=O) groups excluding carboxylic acids is 1. The number of benzene rings is 2. The summed E-state index contributed by atoms with van der Waals surface area (Å²) in [7, 11) is 0. The Bertz CT molecular complexity index is 1540. The molecule has 198 valence electrons. The number of piperidine rings is 1. The van der Waals surface area contributed by atoms with Crippen LogP contribution >= 0.6 is 11.6 Å². The van der Waals surface area contributed by atoms with Crippen LogP contribution in [-0.2, 0) is 11.2 Å². The predicted octanol–water partition coefficient (Wildman–Crippen LogP) is 6.01. The summed E-state index contributed by atoms with van der Waals surface area (Å²) in [5.74, 6) is -0.143. The smallest absolute Gasteiger partial charge is 0.277 e. The van der Waals surface area contributed by atoms with Crippen LogP contribution in [0.25, 0.3) is 11.1 Å². The van der Waals surface area contributed by atoms with Gasteiger partial charge < -0.3 is 9.47 Å². The van der Waals surface area contributed by atoms with Crippen molar-refractivity contribution in [2.24, 2.45) is 0 Å². The molecule has 5 rings (SSSR count). The van der Waals surface area contributed by atoms with Crippen LogP contribution < -0.4 is 5.56 Å². The molecule has 0 spiro atoms. The summed E-state index contributed by atoms with van der Waals surface area (Å²) in [6.45, 7) is 0.589. The van der Waals surface area contributed by atoms with Crippen molar-refractivity contribution in [3.05, 3.63) is 128 Å². The van der Waals surface area contributed by atoms with Crippen molar-refractivity contribution in [1.29, 1.82) is 0 Å². The van der Waals surface area contributed by atoms with Gasteiger partial charge in [0.1, 0.15) is 6.04 Å². The number of nitro groups is 1. The van der Waals surface area contributed by atoms with Crippen LogP contribution in [0.3, 0.4) is 0 Å². The summed E-state index contributed by atoms with van der Waals surface area (Å²) in [5.41, 5.74) is 1.93. The molecule has 0 radical (unpaired) electrons. The summed E-state index contributed by atoms with van der Waals surface area (Å²) in [4.78, 5) is 45.0. The maximum Gasteiger partial charge on any atom is 0.277 e. The van der Waals surface area contributed by atoms with Crippen LogP contribution in [0.5, 0.6) is 0 Å². The number of nitrogens with zero attached hydrogens (tertiary/aromatic N) is 4. The van der Waals surface area contributed by atoms with Crippen LogP contribution in [0.1, 0.15) is 42.5 Å². The molecule has 8 nitrogen and oxygen atoms in total. The van der Waals surface area contributed by atoms with Crippen molar-refractivity contribution >= 4 is 23.2 Å². The number of hydrogen-bond acceptors (Lipinski definition) is 5. The second-order valence-corrected chi connectivity index (χ2v) is 10.1. The molecule has 2 aromatic heterocycles. The predicted molar refractivity (Wildman–Crippen MR) is 150 cm³/mol. The van der Waals surface area contributed by atoms with E-state index in [4.69, 9.17) is 11.6 Å². The highest BCUT2D eigenvalue weighted by atomic mass is 35.5. The van der Waals surface area contributed by atoms with Gasteiger partial charge in [0, 0.05) is 48.7 Å². The van der Waals surface area contributed by atoms with Gasteiger partial charge in [-0.15, -0.1) is 0 Å². The molecule has 0 bridgehead atoms. The number of likely N-dealkylation sites (tertiary alicyclic amines) is 1. The van der Waals surface area contributed by atoms with Gasteiger partial charge >= 0.3 is 0 Å². The Labute approximate surface area is 230 Å². The third kappa shape index (κ3) is 5.76. The summed E-state index contributed by atoms with van der Waals surface area (Å²) in [5, 5.41) is 11.9. The SMILES string of the molecule is O=C(C(Cc1ccccc1)n1ccc(-c2cc(Cl)ccc2[N+](=O)[O-])cc1=O)N1CCCCC1c1cccnc1. The van der Waals surface area contributed by atoms with E-state index in [0.717, 1.165) is 30.4 Å². The molecule has 2 aromatic carbocycles. The summed E-state index contributed by atoms with van der Waals surface area (Å²) >= 11 is 6.11. The highest BCUT2D eigenvalue weighted by Crippen LogP contribution is 2.34. The Kier molecular flexibility index (Phi) is 7.84. The maximum atomic E-state index is 14.2. The average molecular weight is 543 g/mol. The Morgan fingerprint density at radius 1 is 1.08 bits per heavy atom. The first-order valence-electron chi connectivity index (χ1n) is 12.8. The van der Waals surface area contributed by atoms with Gasteiger partial charge in [0.05, 0.1) is 16.5 Å². The number of halogens is 1. The lowest BCUT2D eigenvalue weighted by atomic mass is 9.94. The Balaban J connectivity index is 1.55. The monoisotopic (exact) mass is 542 g/mol. The third-order valence-corrected chi connectivity index (χ3v) is 7.40. The fourth-order valence-corrected chi connectivity index (χ4v) is 5.43. The van der Waals surface area contributed by atoms with E-state index in [1.54, 1.807) is 24.7 Å². The zero-order valence-corrected chi connectivity index (χ0v) is 21.9. The topological polar surface area (TPSA) is 98.3 Å². The van der Waals surface area contributed by atoms with Gasteiger partial charge in [0.25, 0.3) is 11.2 Å². The fraction of sp³-hybridized carbons (Fsp3) is 0.233. The van der Waals surface area contributed by atoms with Crippen LogP contribution in [0.4, 0.5) is 5.69 Å². The first kappa shape index (κ1) is 26.3. The van der Waals surface area contributed by atoms with Crippen molar-refractivity contribution in [2.45, 2.75) is 37.8 Å². The highest BCUT2D eigenvalue weighted by molar-refractivity contribution is 6.31. The minimum Gasteiger partial charge on any atom is -0.334 e. The molecular weight excluding hydrogens is 516 g/mol. The van der Waals surface area contributed by atoms with Crippen molar-refractivity contribution in [3.63, 3.8) is 0 Å². The summed E-state index contributed by atoms with van der Waals surface area (Å²) < 4.78 is 1.43. The maximum absolute atomic E-state index is 14.2. The third-order valence-electron chi connectivity index (χ3n) is 7.16. The molecule has 1 fully saturated rings. The molecule has 3 heterocycles. The molecule has 9 heteroatoms. The average Bonchev–Trinajstić information content (AvgIpc) is 2.96. The first-order valence-corrected chi connectivity index (χ1v) is 13.2. The fourth-order valence-electron chi connectivity index (χ4n) is 5.26. The standard InChI is InChI=1S/C30H27ClN4O4/c31-24-11-12-27(35(38)39)25(19-24)22-13-16-33(29(36)18-22)28(17-21-7-2-1-3-8-21)30(37)34-15-5-4-10-26(34)23-9-6-14-32-20-23/h1-3,6-9,11-14,16,18-20,26,28H,4-5,10,15,17H2. The lowest BCUT2D eigenvalue weighted by molar-refractivity contribution is -0.384.